The van der Waals surface area contributed by atoms with Crippen LogP contribution in [0.1, 0.15) is 12.5 Å². The highest BCUT2D eigenvalue weighted by atomic mass is 79.9. The number of rotatable bonds is 5. The number of hydrogen-bond donors (Lipinski definition) is 2. The minimum Gasteiger partial charge on any atom is -0.504 e. The van der Waals surface area contributed by atoms with Crippen molar-refractivity contribution >= 4 is 33.2 Å². The Morgan fingerprint density at radius 2 is 2.20 bits per heavy atom. The first-order chi connectivity index (χ1) is 9.60. The number of halogens is 2. The molecule has 106 valence electrons. The Morgan fingerprint density at radius 3 is 2.90 bits per heavy atom. The van der Waals surface area contributed by atoms with Crippen LogP contribution in [-0.4, -0.2) is 16.7 Å². The van der Waals surface area contributed by atoms with Crippen LogP contribution in [0.3, 0.4) is 0 Å². The topological polar surface area (TPSA) is 54.4 Å². The molecule has 0 radical (unpaired) electrons. The first-order valence-corrected chi connectivity index (χ1v) is 7.27. The van der Waals surface area contributed by atoms with E-state index in [0.717, 1.165) is 15.7 Å². The van der Waals surface area contributed by atoms with Gasteiger partial charge in [0, 0.05) is 6.54 Å². The van der Waals surface area contributed by atoms with Gasteiger partial charge < -0.3 is 15.2 Å². The van der Waals surface area contributed by atoms with Gasteiger partial charge in [0.15, 0.2) is 11.5 Å². The van der Waals surface area contributed by atoms with E-state index < -0.39 is 0 Å². The number of phenols is 1. The molecule has 0 aliphatic heterocycles. The number of aromatic hydroxyl groups is 1. The molecule has 0 atom stereocenters. The van der Waals surface area contributed by atoms with Crippen LogP contribution in [-0.2, 0) is 6.54 Å². The molecule has 0 aliphatic rings. The van der Waals surface area contributed by atoms with E-state index in [1.54, 1.807) is 12.3 Å². The van der Waals surface area contributed by atoms with Gasteiger partial charge in [-0.2, -0.15) is 0 Å². The van der Waals surface area contributed by atoms with Crippen molar-refractivity contribution in [1.29, 1.82) is 0 Å². The molecule has 2 rings (SSSR count). The molecule has 0 saturated heterocycles. The van der Waals surface area contributed by atoms with Crippen molar-refractivity contribution in [2.75, 3.05) is 11.9 Å². The number of nitrogens with zero attached hydrogens (tertiary/aromatic N) is 1. The number of ether oxygens (including phenoxy) is 1. The number of phenolic OH excluding ortho intramolecular Hbond substituents is 1. The van der Waals surface area contributed by atoms with Crippen LogP contribution in [0.15, 0.2) is 34.9 Å². The highest BCUT2D eigenvalue weighted by Gasteiger charge is 2.04. The summed E-state index contributed by atoms with van der Waals surface area (Å²) in [5, 5.41) is 13.3. The van der Waals surface area contributed by atoms with Gasteiger partial charge in [0.2, 0.25) is 0 Å². The van der Waals surface area contributed by atoms with Crippen molar-refractivity contribution in [3.8, 4) is 11.5 Å². The second-order valence-corrected chi connectivity index (χ2v) is 5.30. The predicted molar refractivity (Wildman–Crippen MR) is 83.5 cm³/mol. The van der Waals surface area contributed by atoms with Crippen LogP contribution >= 0.6 is 27.5 Å². The maximum absolute atomic E-state index is 9.64. The lowest BCUT2D eigenvalue weighted by Crippen LogP contribution is -2.01. The molecule has 0 amide bonds. The molecule has 4 nitrogen and oxygen atoms in total. The molecule has 2 N–H and O–H groups in total. The van der Waals surface area contributed by atoms with Crippen molar-refractivity contribution < 1.29 is 9.84 Å². The lowest BCUT2D eigenvalue weighted by molar-refractivity contribution is 0.318. The van der Waals surface area contributed by atoms with Gasteiger partial charge in [-0.15, -0.1) is 0 Å². The molecule has 20 heavy (non-hydrogen) atoms. The van der Waals surface area contributed by atoms with Gasteiger partial charge >= 0.3 is 0 Å². The van der Waals surface area contributed by atoms with Gasteiger partial charge in [0.25, 0.3) is 0 Å². The van der Waals surface area contributed by atoms with Crippen LogP contribution in [0.4, 0.5) is 5.69 Å². The fraction of sp³-hybridized carbons (Fsp3) is 0.214. The molecular formula is C14H14BrClN2O2. The highest BCUT2D eigenvalue weighted by Crippen LogP contribution is 2.27. The molecule has 0 bridgehead atoms. The van der Waals surface area contributed by atoms with Gasteiger partial charge in [0.05, 0.1) is 23.0 Å². The van der Waals surface area contributed by atoms with E-state index in [0.29, 0.717) is 24.1 Å². The average molecular weight is 358 g/mol. The van der Waals surface area contributed by atoms with Crippen LogP contribution in [0, 0.1) is 0 Å². The number of pyridine rings is 1. The van der Waals surface area contributed by atoms with Gasteiger partial charge in [-0.05, 0) is 46.6 Å². The summed E-state index contributed by atoms with van der Waals surface area (Å²) in [5.74, 6) is 0.633. The molecule has 1 aromatic heterocycles. The lowest BCUT2D eigenvalue weighted by atomic mass is 10.2. The summed E-state index contributed by atoms with van der Waals surface area (Å²) in [7, 11) is 0. The highest BCUT2D eigenvalue weighted by molar-refractivity contribution is 9.10. The third-order valence-corrected chi connectivity index (χ3v) is 3.75. The smallest absolute Gasteiger partial charge is 0.161 e. The molecule has 0 unspecified atom stereocenters. The summed E-state index contributed by atoms with van der Waals surface area (Å²) >= 11 is 9.17. The van der Waals surface area contributed by atoms with E-state index in [2.05, 4.69) is 26.2 Å². The van der Waals surface area contributed by atoms with E-state index in [1.807, 2.05) is 25.1 Å². The summed E-state index contributed by atoms with van der Waals surface area (Å²) < 4.78 is 6.09. The van der Waals surface area contributed by atoms with E-state index in [-0.39, 0.29) is 5.75 Å². The number of aromatic nitrogens is 1. The zero-order valence-electron chi connectivity index (χ0n) is 10.9. The Labute approximate surface area is 130 Å². The van der Waals surface area contributed by atoms with Crippen LogP contribution in [0.2, 0.25) is 5.15 Å². The molecule has 1 aromatic carbocycles. The van der Waals surface area contributed by atoms with Gasteiger partial charge in [-0.1, -0.05) is 17.7 Å². The van der Waals surface area contributed by atoms with Gasteiger partial charge in [0.1, 0.15) is 5.15 Å². The molecular weight excluding hydrogens is 344 g/mol. The second-order valence-electron chi connectivity index (χ2n) is 4.09. The molecule has 0 spiro atoms. The SMILES string of the molecule is CCOc1cc(CNc2cnc(Cl)c(Br)c2)ccc1O. The summed E-state index contributed by atoms with van der Waals surface area (Å²) in [4.78, 5) is 4.04. The van der Waals surface area contributed by atoms with E-state index >= 15 is 0 Å². The van der Waals surface area contributed by atoms with Crippen molar-refractivity contribution in [1.82, 2.24) is 4.98 Å². The predicted octanol–water partition coefficient (Wildman–Crippen LogP) is 4.21. The maximum atomic E-state index is 9.64. The Bertz CT molecular complexity index is 608. The minimum atomic E-state index is 0.145. The maximum Gasteiger partial charge on any atom is 0.161 e. The summed E-state index contributed by atoms with van der Waals surface area (Å²) in [6.07, 6.45) is 1.66. The molecule has 1 heterocycles. The van der Waals surface area contributed by atoms with E-state index in [4.69, 9.17) is 16.3 Å². The standard InChI is InChI=1S/C14H14BrClN2O2/c1-2-20-13-5-9(3-4-12(13)19)7-17-10-6-11(15)14(16)18-8-10/h3-6,8,17,19H,2,7H2,1H3. The molecule has 0 fully saturated rings. The Balaban J connectivity index is 2.06. The van der Waals surface area contributed by atoms with Crippen LogP contribution in [0.5, 0.6) is 11.5 Å². The van der Waals surface area contributed by atoms with Crippen LogP contribution in [0.25, 0.3) is 0 Å². The zero-order valence-corrected chi connectivity index (χ0v) is 13.2. The van der Waals surface area contributed by atoms with E-state index in [1.165, 1.54) is 0 Å². The van der Waals surface area contributed by atoms with Gasteiger partial charge in [-0.25, -0.2) is 4.98 Å². The van der Waals surface area contributed by atoms with Crippen molar-refractivity contribution in [2.24, 2.45) is 0 Å². The van der Waals surface area contributed by atoms with Crippen LogP contribution < -0.4 is 10.1 Å². The quantitative estimate of drug-likeness (QED) is 0.787. The minimum absolute atomic E-state index is 0.145. The number of nitrogens with one attached hydrogen (secondary N) is 1. The Hall–Kier alpha value is -1.46. The molecule has 2 aromatic rings. The monoisotopic (exact) mass is 356 g/mol. The second kappa shape index (κ2) is 6.81. The van der Waals surface area contributed by atoms with Crippen molar-refractivity contribution in [2.45, 2.75) is 13.5 Å². The number of benzene rings is 1. The van der Waals surface area contributed by atoms with Crippen molar-refractivity contribution in [3.63, 3.8) is 0 Å². The largest absolute Gasteiger partial charge is 0.504 e. The average Bonchev–Trinajstić information content (AvgIpc) is 2.43. The van der Waals surface area contributed by atoms with E-state index in [9.17, 15) is 5.11 Å². The lowest BCUT2D eigenvalue weighted by Gasteiger charge is -2.10. The summed E-state index contributed by atoms with van der Waals surface area (Å²) in [6, 6.07) is 7.13. The first-order valence-electron chi connectivity index (χ1n) is 6.09. The number of anilines is 1. The fourth-order valence-electron chi connectivity index (χ4n) is 1.66. The summed E-state index contributed by atoms with van der Waals surface area (Å²) in [5.41, 5.74) is 1.85. The zero-order chi connectivity index (χ0) is 14.5. The normalized spacial score (nSPS) is 10.3. The van der Waals surface area contributed by atoms with Gasteiger partial charge in [-0.3, -0.25) is 0 Å². The summed E-state index contributed by atoms with van der Waals surface area (Å²) in [6.45, 7) is 2.98. The first kappa shape index (κ1) is 14.9. The van der Waals surface area contributed by atoms with Crippen molar-refractivity contribution in [3.05, 3.63) is 45.7 Å². The molecule has 0 aliphatic carbocycles. The Kier molecular flexibility index (Phi) is 5.09. The fourth-order valence-corrected chi connectivity index (χ4v) is 2.11. The third kappa shape index (κ3) is 3.77. The third-order valence-electron chi connectivity index (χ3n) is 2.62. The molecule has 0 saturated carbocycles. The number of hydrogen-bond acceptors (Lipinski definition) is 4. The molecule has 6 heteroatoms. The Morgan fingerprint density at radius 1 is 1.40 bits per heavy atom.